The number of ether oxygens (including phenoxy) is 2. The summed E-state index contributed by atoms with van der Waals surface area (Å²) in [4.78, 5) is 20.8. The third-order valence-corrected chi connectivity index (χ3v) is 7.29. The first-order valence-corrected chi connectivity index (χ1v) is 12.8. The van der Waals surface area contributed by atoms with Gasteiger partial charge in [-0.25, -0.2) is 9.78 Å². The Kier molecular flexibility index (Phi) is 8.04. The van der Waals surface area contributed by atoms with E-state index in [2.05, 4.69) is 27.8 Å². The zero-order chi connectivity index (χ0) is 25.9. The fourth-order valence-corrected chi connectivity index (χ4v) is 5.50. The van der Waals surface area contributed by atoms with Crippen LogP contribution in [0.15, 0.2) is 36.4 Å². The molecule has 1 aromatic heterocycles. The smallest absolute Gasteiger partial charge is 0.416 e. The summed E-state index contributed by atoms with van der Waals surface area (Å²) in [5.74, 6) is 0.240. The summed E-state index contributed by atoms with van der Waals surface area (Å²) in [6.45, 7) is 9.10. The first kappa shape index (κ1) is 26.2. The Hall–Kier alpha value is -2.85. The number of rotatable bonds is 8. The maximum absolute atomic E-state index is 13.1. The van der Waals surface area contributed by atoms with Crippen molar-refractivity contribution in [2.45, 2.75) is 46.0 Å². The van der Waals surface area contributed by atoms with E-state index < -0.39 is 17.7 Å². The van der Waals surface area contributed by atoms with Gasteiger partial charge in [-0.05, 0) is 61.7 Å². The SMILES string of the molecule is CCOC(=O)COc1cc(C)cc(CN2CCN(c3nc4ccc(C(F)(F)F)cc4s3)C[C@H]2CC)c1. The number of hydrogen-bond acceptors (Lipinski definition) is 7. The number of piperazine rings is 1. The second-order valence-corrected chi connectivity index (χ2v) is 9.91. The summed E-state index contributed by atoms with van der Waals surface area (Å²) >= 11 is 1.31. The maximum Gasteiger partial charge on any atom is 0.416 e. The number of carbonyl (C=O) groups is 1. The normalized spacial score (nSPS) is 16.9. The van der Waals surface area contributed by atoms with Gasteiger partial charge >= 0.3 is 12.1 Å². The molecule has 1 aliphatic rings. The van der Waals surface area contributed by atoms with E-state index in [-0.39, 0.29) is 12.6 Å². The van der Waals surface area contributed by atoms with Crippen molar-refractivity contribution in [3.05, 3.63) is 53.1 Å². The molecule has 0 radical (unpaired) electrons. The Balaban J connectivity index is 1.43. The van der Waals surface area contributed by atoms with Crippen LogP contribution < -0.4 is 9.64 Å². The van der Waals surface area contributed by atoms with Crippen molar-refractivity contribution in [1.29, 1.82) is 0 Å². The molecule has 1 atom stereocenters. The highest BCUT2D eigenvalue weighted by Gasteiger charge is 2.31. The van der Waals surface area contributed by atoms with Crippen molar-refractivity contribution >= 4 is 32.7 Å². The van der Waals surface area contributed by atoms with Crippen molar-refractivity contribution in [2.75, 3.05) is 37.7 Å². The van der Waals surface area contributed by atoms with Crippen molar-refractivity contribution in [3.8, 4) is 5.75 Å². The summed E-state index contributed by atoms with van der Waals surface area (Å²) in [5.41, 5.74) is 2.09. The summed E-state index contributed by atoms with van der Waals surface area (Å²) < 4.78 is 50.4. The molecule has 194 valence electrons. The van der Waals surface area contributed by atoms with Gasteiger partial charge in [-0.15, -0.1) is 0 Å². The molecule has 10 heteroatoms. The van der Waals surface area contributed by atoms with E-state index >= 15 is 0 Å². The van der Waals surface area contributed by atoms with Gasteiger partial charge < -0.3 is 14.4 Å². The molecule has 6 nitrogen and oxygen atoms in total. The molecule has 0 bridgehead atoms. The number of thiazole rings is 1. The highest BCUT2D eigenvalue weighted by atomic mass is 32.1. The molecule has 36 heavy (non-hydrogen) atoms. The van der Waals surface area contributed by atoms with Gasteiger partial charge in [0.05, 0.1) is 22.4 Å². The van der Waals surface area contributed by atoms with Crippen LogP contribution in [0.2, 0.25) is 0 Å². The van der Waals surface area contributed by atoms with Crippen LogP contribution in [0.1, 0.15) is 37.0 Å². The van der Waals surface area contributed by atoms with Crippen LogP contribution in [0.5, 0.6) is 5.75 Å². The molecule has 1 saturated heterocycles. The predicted molar refractivity (Wildman–Crippen MR) is 135 cm³/mol. The van der Waals surface area contributed by atoms with Crippen LogP contribution in [0.25, 0.3) is 10.2 Å². The summed E-state index contributed by atoms with van der Waals surface area (Å²) in [7, 11) is 0. The number of alkyl halides is 3. The lowest BCUT2D eigenvalue weighted by atomic mass is 10.1. The van der Waals surface area contributed by atoms with Gasteiger partial charge in [-0.3, -0.25) is 4.90 Å². The van der Waals surface area contributed by atoms with Crippen LogP contribution in [0, 0.1) is 6.92 Å². The number of carbonyl (C=O) groups excluding carboxylic acids is 1. The number of halogens is 3. The van der Waals surface area contributed by atoms with Crippen molar-refractivity contribution in [1.82, 2.24) is 9.88 Å². The molecular weight excluding hydrogens is 491 g/mol. The lowest BCUT2D eigenvalue weighted by Gasteiger charge is -2.41. The topological polar surface area (TPSA) is 54.9 Å². The molecule has 2 heterocycles. The third-order valence-electron chi connectivity index (χ3n) is 6.21. The molecule has 0 amide bonds. The Bertz CT molecular complexity index is 1210. The van der Waals surface area contributed by atoms with E-state index in [0.29, 0.717) is 22.6 Å². The number of anilines is 1. The standard InChI is InChI=1S/C26H30F3N3O3S/c1-4-20-15-32(25-30-22-7-6-19(26(27,28)29)13-23(22)36-25)9-8-31(20)14-18-10-17(3)11-21(12-18)35-16-24(33)34-5-2/h6-7,10-13,20H,4-5,8-9,14-16H2,1-3H3/t20-/m1/s1. The van der Waals surface area contributed by atoms with Crippen LogP contribution in [-0.2, 0) is 22.3 Å². The average Bonchev–Trinajstić information content (AvgIpc) is 3.26. The lowest BCUT2D eigenvalue weighted by molar-refractivity contribution is -0.145. The minimum atomic E-state index is -4.36. The number of aryl methyl sites for hydroxylation is 1. The molecule has 2 aromatic carbocycles. The van der Waals surface area contributed by atoms with E-state index in [0.717, 1.165) is 54.9 Å². The predicted octanol–water partition coefficient (Wildman–Crippen LogP) is 5.67. The minimum absolute atomic E-state index is 0.125. The first-order valence-electron chi connectivity index (χ1n) is 12.0. The lowest BCUT2D eigenvalue weighted by Crippen LogP contribution is -2.52. The van der Waals surface area contributed by atoms with Crippen LogP contribution >= 0.6 is 11.3 Å². The molecular formula is C26H30F3N3O3S. The molecule has 0 N–H and O–H groups in total. The zero-order valence-corrected chi connectivity index (χ0v) is 21.4. The largest absolute Gasteiger partial charge is 0.482 e. The quantitative estimate of drug-likeness (QED) is 0.356. The van der Waals surface area contributed by atoms with Gasteiger partial charge in [-0.1, -0.05) is 24.3 Å². The maximum atomic E-state index is 13.1. The highest BCUT2D eigenvalue weighted by Crippen LogP contribution is 2.36. The number of fused-ring (bicyclic) bond motifs is 1. The third kappa shape index (κ3) is 6.28. The minimum Gasteiger partial charge on any atom is -0.482 e. The van der Waals surface area contributed by atoms with E-state index in [4.69, 9.17) is 9.47 Å². The van der Waals surface area contributed by atoms with Gasteiger partial charge in [0.15, 0.2) is 11.7 Å². The van der Waals surface area contributed by atoms with Crippen molar-refractivity contribution < 1.29 is 27.4 Å². The fourth-order valence-electron chi connectivity index (χ4n) is 4.46. The van der Waals surface area contributed by atoms with Gasteiger partial charge in [-0.2, -0.15) is 13.2 Å². The Labute approximate surface area is 212 Å². The van der Waals surface area contributed by atoms with E-state index in [1.165, 1.54) is 23.5 Å². The number of hydrogen-bond donors (Lipinski definition) is 0. The van der Waals surface area contributed by atoms with Gasteiger partial charge in [0, 0.05) is 32.2 Å². The number of aromatic nitrogens is 1. The second-order valence-electron chi connectivity index (χ2n) is 8.90. The van der Waals surface area contributed by atoms with Crippen LogP contribution in [0.4, 0.5) is 18.3 Å². The average molecular weight is 522 g/mol. The molecule has 0 saturated carbocycles. The zero-order valence-electron chi connectivity index (χ0n) is 20.6. The van der Waals surface area contributed by atoms with Gasteiger partial charge in [0.2, 0.25) is 0 Å². The number of esters is 1. The van der Waals surface area contributed by atoms with E-state index in [1.807, 2.05) is 19.1 Å². The fraction of sp³-hybridized carbons (Fsp3) is 0.462. The molecule has 1 fully saturated rings. The highest BCUT2D eigenvalue weighted by molar-refractivity contribution is 7.22. The van der Waals surface area contributed by atoms with Crippen LogP contribution in [0.3, 0.4) is 0 Å². The second kappa shape index (κ2) is 11.0. The van der Waals surface area contributed by atoms with E-state index in [9.17, 15) is 18.0 Å². The molecule has 1 aliphatic heterocycles. The van der Waals surface area contributed by atoms with Crippen LogP contribution in [-0.4, -0.2) is 54.7 Å². The van der Waals surface area contributed by atoms with E-state index in [1.54, 1.807) is 6.92 Å². The number of benzene rings is 2. The first-order chi connectivity index (χ1) is 17.2. The molecule has 3 aromatic rings. The Morgan fingerprint density at radius 1 is 1.17 bits per heavy atom. The van der Waals surface area contributed by atoms with Crippen molar-refractivity contribution in [2.24, 2.45) is 0 Å². The summed E-state index contributed by atoms with van der Waals surface area (Å²) in [6, 6.07) is 9.95. The van der Waals surface area contributed by atoms with Gasteiger partial charge in [0.25, 0.3) is 0 Å². The molecule has 0 unspecified atom stereocenters. The van der Waals surface area contributed by atoms with Crippen molar-refractivity contribution in [3.63, 3.8) is 0 Å². The summed E-state index contributed by atoms with van der Waals surface area (Å²) in [6.07, 6.45) is -3.44. The molecule has 4 rings (SSSR count). The van der Waals surface area contributed by atoms with Gasteiger partial charge in [0.1, 0.15) is 5.75 Å². The Morgan fingerprint density at radius 3 is 2.69 bits per heavy atom. The summed E-state index contributed by atoms with van der Waals surface area (Å²) in [5, 5.41) is 0.757. The number of nitrogens with zero attached hydrogens (tertiary/aromatic N) is 3. The Morgan fingerprint density at radius 2 is 1.97 bits per heavy atom. The molecule has 0 spiro atoms. The molecule has 0 aliphatic carbocycles. The monoisotopic (exact) mass is 521 g/mol.